The summed E-state index contributed by atoms with van der Waals surface area (Å²) in [4.78, 5) is 18.3. The molecule has 0 aliphatic carbocycles. The number of hydrogen-bond acceptors (Lipinski definition) is 4. The lowest BCUT2D eigenvalue weighted by atomic mass is 10.1. The third-order valence-electron chi connectivity index (χ3n) is 2.73. The molecular weight excluding hydrogens is 232 g/mol. The number of hydrogen-bond donors (Lipinski definition) is 1. The van der Waals surface area contributed by atoms with Crippen molar-refractivity contribution in [3.05, 3.63) is 40.9 Å². The van der Waals surface area contributed by atoms with Gasteiger partial charge >= 0.3 is 0 Å². The molecule has 0 saturated carbocycles. The van der Waals surface area contributed by atoms with Crippen molar-refractivity contribution in [2.75, 3.05) is 13.2 Å². The zero-order valence-electron chi connectivity index (χ0n) is 9.68. The molecule has 2 heterocycles. The van der Waals surface area contributed by atoms with Crippen molar-refractivity contribution in [3.63, 3.8) is 0 Å². The van der Waals surface area contributed by atoms with Gasteiger partial charge in [-0.15, -0.1) is 0 Å². The SMILES string of the molecule is O=c1[nH]ccnc1-c1ccc2c(c1)OCCCO2. The molecule has 2 aromatic rings. The van der Waals surface area contributed by atoms with Gasteiger partial charge in [-0.25, -0.2) is 4.98 Å². The summed E-state index contributed by atoms with van der Waals surface area (Å²) in [5.74, 6) is 1.37. The standard InChI is InChI=1S/C13H12N2O3/c16-13-12(14-4-5-15-13)9-2-3-10-11(8-9)18-7-1-6-17-10/h2-5,8H,1,6-7H2,(H,15,16). The minimum Gasteiger partial charge on any atom is -0.490 e. The number of fused-ring (bicyclic) bond motifs is 1. The number of H-pyrrole nitrogens is 1. The van der Waals surface area contributed by atoms with Crippen molar-refractivity contribution >= 4 is 0 Å². The second-order valence-electron chi connectivity index (χ2n) is 3.98. The molecule has 18 heavy (non-hydrogen) atoms. The lowest BCUT2D eigenvalue weighted by Crippen LogP contribution is -2.09. The molecule has 0 saturated heterocycles. The Bertz CT molecular complexity index is 622. The maximum Gasteiger partial charge on any atom is 0.274 e. The summed E-state index contributed by atoms with van der Waals surface area (Å²) >= 11 is 0. The zero-order chi connectivity index (χ0) is 12.4. The molecule has 1 aromatic heterocycles. The zero-order valence-corrected chi connectivity index (χ0v) is 9.68. The summed E-state index contributed by atoms with van der Waals surface area (Å²) in [5, 5.41) is 0. The average molecular weight is 244 g/mol. The maximum atomic E-state index is 11.7. The lowest BCUT2D eigenvalue weighted by molar-refractivity contribution is 0.297. The quantitative estimate of drug-likeness (QED) is 0.827. The smallest absolute Gasteiger partial charge is 0.274 e. The van der Waals surface area contributed by atoms with Gasteiger partial charge in [0.05, 0.1) is 13.2 Å². The third-order valence-corrected chi connectivity index (χ3v) is 2.73. The van der Waals surface area contributed by atoms with Gasteiger partial charge in [-0.3, -0.25) is 4.79 Å². The molecule has 0 fully saturated rings. The van der Waals surface area contributed by atoms with E-state index < -0.39 is 0 Å². The van der Waals surface area contributed by atoms with Crippen LogP contribution < -0.4 is 15.0 Å². The van der Waals surface area contributed by atoms with Gasteiger partial charge < -0.3 is 14.5 Å². The van der Waals surface area contributed by atoms with Gasteiger partial charge in [0.1, 0.15) is 5.69 Å². The van der Waals surface area contributed by atoms with E-state index in [1.165, 1.54) is 6.20 Å². The highest BCUT2D eigenvalue weighted by atomic mass is 16.5. The van der Waals surface area contributed by atoms with Crippen LogP contribution in [-0.2, 0) is 0 Å². The maximum absolute atomic E-state index is 11.7. The van der Waals surface area contributed by atoms with Crippen molar-refractivity contribution in [2.45, 2.75) is 6.42 Å². The first-order valence-electron chi connectivity index (χ1n) is 5.78. The number of nitrogens with zero attached hydrogens (tertiary/aromatic N) is 1. The van der Waals surface area contributed by atoms with Crippen LogP contribution >= 0.6 is 0 Å². The molecule has 3 rings (SSSR count). The summed E-state index contributed by atoms with van der Waals surface area (Å²) in [5.41, 5.74) is 0.890. The van der Waals surface area contributed by atoms with Gasteiger partial charge in [-0.2, -0.15) is 0 Å². The molecule has 0 bridgehead atoms. The fourth-order valence-corrected chi connectivity index (χ4v) is 1.87. The highest BCUT2D eigenvalue weighted by Gasteiger charge is 2.13. The van der Waals surface area contributed by atoms with E-state index in [2.05, 4.69) is 9.97 Å². The first kappa shape index (κ1) is 10.8. The second-order valence-corrected chi connectivity index (χ2v) is 3.98. The summed E-state index contributed by atoms with van der Waals surface area (Å²) in [6.07, 6.45) is 3.92. The van der Waals surface area contributed by atoms with E-state index in [4.69, 9.17) is 9.47 Å². The number of ether oxygens (including phenoxy) is 2. The minimum absolute atomic E-state index is 0.216. The van der Waals surface area contributed by atoms with E-state index in [9.17, 15) is 4.79 Å². The number of aromatic nitrogens is 2. The molecule has 1 aliphatic heterocycles. The fraction of sp³-hybridized carbons (Fsp3) is 0.231. The van der Waals surface area contributed by atoms with E-state index in [-0.39, 0.29) is 5.56 Å². The Morgan fingerprint density at radius 2 is 2.00 bits per heavy atom. The molecule has 1 N–H and O–H groups in total. The fourth-order valence-electron chi connectivity index (χ4n) is 1.87. The van der Waals surface area contributed by atoms with Gasteiger partial charge in [0, 0.05) is 24.4 Å². The van der Waals surface area contributed by atoms with E-state index in [0.717, 1.165) is 12.0 Å². The summed E-state index contributed by atoms with van der Waals surface area (Å²) in [7, 11) is 0. The van der Waals surface area contributed by atoms with Crippen molar-refractivity contribution < 1.29 is 9.47 Å². The van der Waals surface area contributed by atoms with Crippen LogP contribution in [0.2, 0.25) is 0 Å². The van der Waals surface area contributed by atoms with E-state index in [0.29, 0.717) is 30.4 Å². The van der Waals surface area contributed by atoms with Gasteiger partial charge in [-0.05, 0) is 18.2 Å². The largest absolute Gasteiger partial charge is 0.490 e. The highest BCUT2D eigenvalue weighted by molar-refractivity contribution is 5.63. The average Bonchev–Trinajstić information content (AvgIpc) is 2.63. The number of rotatable bonds is 1. The van der Waals surface area contributed by atoms with Gasteiger partial charge in [0.25, 0.3) is 5.56 Å². The molecule has 0 spiro atoms. The van der Waals surface area contributed by atoms with Crippen LogP contribution in [0.5, 0.6) is 11.5 Å². The Hall–Kier alpha value is -2.30. The molecule has 0 atom stereocenters. The van der Waals surface area contributed by atoms with Gasteiger partial charge in [0.2, 0.25) is 0 Å². The van der Waals surface area contributed by atoms with E-state index >= 15 is 0 Å². The summed E-state index contributed by atoms with van der Waals surface area (Å²) in [6, 6.07) is 5.41. The topological polar surface area (TPSA) is 64.2 Å². The monoisotopic (exact) mass is 244 g/mol. The van der Waals surface area contributed by atoms with Crippen LogP contribution in [0.15, 0.2) is 35.4 Å². The van der Waals surface area contributed by atoms with Gasteiger partial charge in [-0.1, -0.05) is 0 Å². The van der Waals surface area contributed by atoms with E-state index in [1.807, 2.05) is 12.1 Å². The Balaban J connectivity index is 2.07. The number of nitrogens with one attached hydrogen (secondary N) is 1. The predicted octanol–water partition coefficient (Wildman–Crippen LogP) is 1.60. The van der Waals surface area contributed by atoms with Crippen LogP contribution in [0.4, 0.5) is 0 Å². The molecule has 5 heteroatoms. The lowest BCUT2D eigenvalue weighted by Gasteiger charge is -2.08. The van der Waals surface area contributed by atoms with Crippen LogP contribution in [0.3, 0.4) is 0 Å². The predicted molar refractivity (Wildman–Crippen MR) is 65.9 cm³/mol. The normalized spacial score (nSPS) is 14.0. The molecule has 1 aromatic carbocycles. The van der Waals surface area contributed by atoms with E-state index in [1.54, 1.807) is 12.3 Å². The molecule has 5 nitrogen and oxygen atoms in total. The van der Waals surface area contributed by atoms with Gasteiger partial charge in [0.15, 0.2) is 11.5 Å². The number of aromatic amines is 1. The highest BCUT2D eigenvalue weighted by Crippen LogP contribution is 2.32. The molecule has 0 unspecified atom stereocenters. The third kappa shape index (κ3) is 1.95. The van der Waals surface area contributed by atoms with Crippen LogP contribution in [-0.4, -0.2) is 23.2 Å². The summed E-state index contributed by atoms with van der Waals surface area (Å²) < 4.78 is 11.1. The van der Waals surface area contributed by atoms with Crippen molar-refractivity contribution in [1.29, 1.82) is 0 Å². The summed E-state index contributed by atoms with van der Waals surface area (Å²) in [6.45, 7) is 1.27. The Morgan fingerprint density at radius 3 is 2.83 bits per heavy atom. The second kappa shape index (κ2) is 4.52. The first-order chi connectivity index (χ1) is 8.84. The molecule has 92 valence electrons. The Kier molecular flexibility index (Phi) is 2.72. The number of benzene rings is 1. The van der Waals surface area contributed by atoms with Crippen molar-refractivity contribution in [1.82, 2.24) is 9.97 Å². The van der Waals surface area contributed by atoms with Crippen LogP contribution in [0, 0.1) is 0 Å². The van der Waals surface area contributed by atoms with Crippen molar-refractivity contribution in [2.24, 2.45) is 0 Å². The molecule has 0 amide bonds. The van der Waals surface area contributed by atoms with Crippen LogP contribution in [0.25, 0.3) is 11.3 Å². The minimum atomic E-state index is -0.216. The molecule has 1 aliphatic rings. The van der Waals surface area contributed by atoms with Crippen LogP contribution in [0.1, 0.15) is 6.42 Å². The van der Waals surface area contributed by atoms with Crippen molar-refractivity contribution in [3.8, 4) is 22.8 Å². The Morgan fingerprint density at radius 1 is 1.17 bits per heavy atom. The Labute approximate surface area is 103 Å². The first-order valence-corrected chi connectivity index (χ1v) is 5.78. The molecular formula is C13H12N2O3. The molecule has 0 radical (unpaired) electrons.